The molecule has 0 heterocycles. The number of ether oxygens (including phenoxy) is 1. The minimum atomic E-state index is -0.979. The molecule has 4 nitrogen and oxygen atoms in total. The van der Waals surface area contributed by atoms with Crippen LogP contribution in [0.25, 0.3) is 0 Å². The molecule has 1 aliphatic rings. The van der Waals surface area contributed by atoms with Gasteiger partial charge in [-0.05, 0) is 31.6 Å². The van der Waals surface area contributed by atoms with Crippen molar-refractivity contribution in [1.29, 1.82) is 0 Å². The number of unbranched alkanes of at least 4 members (excludes halogenated alkanes) is 5. The summed E-state index contributed by atoms with van der Waals surface area (Å²) in [6.45, 7) is 4.60. The number of carbonyl (C=O) groups excluding carboxylic acids is 1. The molecule has 0 saturated heterocycles. The molecule has 0 aromatic carbocycles. The second kappa shape index (κ2) is 9.59. The molecule has 0 bridgehead atoms. The average Bonchev–Trinajstić information content (AvgIpc) is 2.46. The van der Waals surface area contributed by atoms with Gasteiger partial charge in [-0.1, -0.05) is 46.0 Å². The highest BCUT2D eigenvalue weighted by Gasteiger charge is 2.27. The van der Waals surface area contributed by atoms with Crippen molar-refractivity contribution in [2.24, 2.45) is 5.92 Å². The molecule has 1 aliphatic carbocycles. The Bertz CT molecular complexity index is 384. The number of hydrogen-bond donors (Lipinski definition) is 1. The Hall–Kier alpha value is -1.32. The van der Waals surface area contributed by atoms with Crippen LogP contribution in [0.5, 0.6) is 0 Å². The topological polar surface area (TPSA) is 63.6 Å². The zero-order valence-corrected chi connectivity index (χ0v) is 13.3. The molecule has 0 aromatic rings. The zero-order valence-electron chi connectivity index (χ0n) is 13.3. The van der Waals surface area contributed by atoms with Crippen molar-refractivity contribution < 1.29 is 19.4 Å². The van der Waals surface area contributed by atoms with Crippen molar-refractivity contribution in [3.8, 4) is 0 Å². The molecule has 0 radical (unpaired) electrons. The second-order valence-corrected chi connectivity index (χ2v) is 6.01. The van der Waals surface area contributed by atoms with Gasteiger partial charge in [0.2, 0.25) is 0 Å². The van der Waals surface area contributed by atoms with Gasteiger partial charge in [0.15, 0.2) is 0 Å². The predicted octanol–water partition coefficient (Wildman–Crippen LogP) is 4.09. The van der Waals surface area contributed by atoms with E-state index in [2.05, 4.69) is 6.92 Å². The Kier molecular flexibility index (Phi) is 8.09. The van der Waals surface area contributed by atoms with E-state index in [1.54, 1.807) is 0 Å². The van der Waals surface area contributed by atoms with Crippen LogP contribution in [0.15, 0.2) is 11.1 Å². The van der Waals surface area contributed by atoms with Gasteiger partial charge in [0.25, 0.3) is 0 Å². The molecule has 0 amide bonds. The van der Waals surface area contributed by atoms with Crippen LogP contribution in [0.2, 0.25) is 0 Å². The monoisotopic (exact) mass is 296 g/mol. The Morgan fingerprint density at radius 1 is 1.14 bits per heavy atom. The number of rotatable bonds is 9. The molecule has 0 aliphatic heterocycles. The lowest BCUT2D eigenvalue weighted by Gasteiger charge is -2.21. The molecule has 0 fully saturated rings. The molecule has 1 N–H and O–H groups in total. The first-order chi connectivity index (χ1) is 10.1. The Labute approximate surface area is 127 Å². The number of hydrogen-bond acceptors (Lipinski definition) is 3. The van der Waals surface area contributed by atoms with Crippen LogP contribution < -0.4 is 0 Å². The fourth-order valence-electron chi connectivity index (χ4n) is 2.69. The predicted molar refractivity (Wildman–Crippen MR) is 82.0 cm³/mol. The summed E-state index contributed by atoms with van der Waals surface area (Å²) in [5, 5.41) is 9.20. The average molecular weight is 296 g/mol. The van der Waals surface area contributed by atoms with E-state index in [9.17, 15) is 14.7 Å². The van der Waals surface area contributed by atoms with Crippen molar-refractivity contribution in [3.05, 3.63) is 11.1 Å². The fourth-order valence-corrected chi connectivity index (χ4v) is 2.69. The van der Waals surface area contributed by atoms with Gasteiger partial charge in [-0.3, -0.25) is 0 Å². The zero-order chi connectivity index (χ0) is 15.7. The minimum Gasteiger partial charge on any atom is -0.478 e. The van der Waals surface area contributed by atoms with Crippen LogP contribution in [0.3, 0.4) is 0 Å². The van der Waals surface area contributed by atoms with Crippen molar-refractivity contribution in [2.45, 2.75) is 71.6 Å². The van der Waals surface area contributed by atoms with Gasteiger partial charge < -0.3 is 9.84 Å². The van der Waals surface area contributed by atoms with E-state index in [4.69, 9.17) is 4.74 Å². The van der Waals surface area contributed by atoms with E-state index in [1.807, 2.05) is 6.92 Å². The number of esters is 1. The molecule has 0 spiro atoms. The normalized spacial score (nSPS) is 18.7. The van der Waals surface area contributed by atoms with Crippen LogP contribution >= 0.6 is 0 Å². The summed E-state index contributed by atoms with van der Waals surface area (Å²) >= 11 is 0. The molecule has 4 heteroatoms. The van der Waals surface area contributed by atoms with E-state index in [0.29, 0.717) is 30.9 Å². The van der Waals surface area contributed by atoms with E-state index < -0.39 is 11.9 Å². The molecule has 120 valence electrons. The quantitative estimate of drug-likeness (QED) is 0.514. The molecule has 0 saturated carbocycles. The van der Waals surface area contributed by atoms with Crippen LogP contribution in [0.1, 0.15) is 71.6 Å². The summed E-state index contributed by atoms with van der Waals surface area (Å²) < 4.78 is 5.24. The number of carboxylic acid groups (broad SMARTS) is 1. The molecule has 1 atom stereocenters. The molecular weight excluding hydrogens is 268 g/mol. The summed E-state index contributed by atoms with van der Waals surface area (Å²) in [7, 11) is 0. The first kappa shape index (κ1) is 17.7. The summed E-state index contributed by atoms with van der Waals surface area (Å²) in [6, 6.07) is 0. The van der Waals surface area contributed by atoms with Gasteiger partial charge in [-0.15, -0.1) is 0 Å². The highest BCUT2D eigenvalue weighted by molar-refractivity contribution is 5.99. The fraction of sp³-hybridized carbons (Fsp3) is 0.765. The van der Waals surface area contributed by atoms with Crippen LogP contribution in [-0.4, -0.2) is 23.7 Å². The highest BCUT2D eigenvalue weighted by Crippen LogP contribution is 2.30. The smallest absolute Gasteiger partial charge is 0.334 e. The Balaban J connectivity index is 2.36. The van der Waals surface area contributed by atoms with Gasteiger partial charge in [-0.2, -0.15) is 0 Å². The summed E-state index contributed by atoms with van der Waals surface area (Å²) in [5.74, 6) is -1.08. The summed E-state index contributed by atoms with van der Waals surface area (Å²) in [5.41, 5.74) is 0.633. The molecular formula is C17H28O4. The Morgan fingerprint density at radius 2 is 1.81 bits per heavy atom. The van der Waals surface area contributed by atoms with E-state index >= 15 is 0 Å². The lowest BCUT2D eigenvalue weighted by atomic mass is 9.85. The minimum absolute atomic E-state index is 0.252. The van der Waals surface area contributed by atoms with Crippen molar-refractivity contribution >= 4 is 11.9 Å². The van der Waals surface area contributed by atoms with Gasteiger partial charge in [0.1, 0.15) is 0 Å². The van der Waals surface area contributed by atoms with Crippen LogP contribution in [0, 0.1) is 5.92 Å². The molecule has 1 rings (SSSR count). The Morgan fingerprint density at radius 3 is 2.48 bits per heavy atom. The van der Waals surface area contributed by atoms with E-state index in [-0.39, 0.29) is 5.57 Å². The third-order valence-corrected chi connectivity index (χ3v) is 4.04. The molecule has 0 aromatic heterocycles. The number of carbonyl (C=O) groups is 2. The lowest BCUT2D eigenvalue weighted by Crippen LogP contribution is -2.21. The maximum atomic E-state index is 12.0. The van der Waals surface area contributed by atoms with Crippen molar-refractivity contribution in [3.63, 3.8) is 0 Å². The van der Waals surface area contributed by atoms with Gasteiger partial charge >= 0.3 is 11.9 Å². The van der Waals surface area contributed by atoms with E-state index in [0.717, 1.165) is 19.3 Å². The maximum Gasteiger partial charge on any atom is 0.334 e. The maximum absolute atomic E-state index is 12.0. The number of carboxylic acids is 1. The SMILES string of the molecule is CCCCCCCCOC(=O)C1=C(C(=O)O)CC(C)CC1. The second-order valence-electron chi connectivity index (χ2n) is 6.01. The van der Waals surface area contributed by atoms with Gasteiger partial charge in [0.05, 0.1) is 6.61 Å². The third-order valence-electron chi connectivity index (χ3n) is 4.04. The summed E-state index contributed by atoms with van der Waals surface area (Å²) in [4.78, 5) is 23.2. The van der Waals surface area contributed by atoms with Crippen LogP contribution in [-0.2, 0) is 14.3 Å². The van der Waals surface area contributed by atoms with Gasteiger partial charge in [-0.25, -0.2) is 9.59 Å². The lowest BCUT2D eigenvalue weighted by molar-refractivity contribution is -0.141. The molecule has 1 unspecified atom stereocenters. The summed E-state index contributed by atoms with van der Waals surface area (Å²) in [6.07, 6.45) is 8.67. The van der Waals surface area contributed by atoms with Crippen LogP contribution in [0.4, 0.5) is 0 Å². The third kappa shape index (κ3) is 6.32. The van der Waals surface area contributed by atoms with Gasteiger partial charge in [0, 0.05) is 11.1 Å². The first-order valence-corrected chi connectivity index (χ1v) is 8.18. The number of aliphatic carboxylic acids is 1. The molecule has 21 heavy (non-hydrogen) atoms. The van der Waals surface area contributed by atoms with Crippen molar-refractivity contribution in [2.75, 3.05) is 6.61 Å². The highest BCUT2D eigenvalue weighted by atomic mass is 16.5. The largest absolute Gasteiger partial charge is 0.478 e. The van der Waals surface area contributed by atoms with E-state index in [1.165, 1.54) is 25.7 Å². The standard InChI is InChI=1S/C17H28O4/c1-3-4-5-6-7-8-11-21-17(20)14-10-9-13(2)12-15(14)16(18)19/h13H,3-12H2,1-2H3,(H,18,19). The first-order valence-electron chi connectivity index (χ1n) is 8.18. The van der Waals surface area contributed by atoms with Crippen molar-refractivity contribution in [1.82, 2.24) is 0 Å².